The van der Waals surface area contributed by atoms with E-state index in [2.05, 4.69) is 15.0 Å². The molecule has 1 N–H and O–H groups in total. The Kier molecular flexibility index (Phi) is 1.72. The van der Waals surface area contributed by atoms with Crippen molar-refractivity contribution in [3.05, 3.63) is 22.7 Å². The zero-order valence-electron chi connectivity index (χ0n) is 7.38. The van der Waals surface area contributed by atoms with Crippen molar-refractivity contribution < 1.29 is 4.74 Å². The minimum absolute atomic E-state index is 0.498. The van der Waals surface area contributed by atoms with Crippen LogP contribution in [0, 0.1) is 0 Å². The van der Waals surface area contributed by atoms with Crippen LogP contribution in [0.15, 0.2) is 6.33 Å². The first-order valence-electron chi connectivity index (χ1n) is 4.44. The Balaban J connectivity index is 2.38. The largest absolute Gasteiger partial charge is 0.376 e. The highest BCUT2D eigenvalue weighted by molar-refractivity contribution is 6.34. The third-order valence-electron chi connectivity index (χ3n) is 2.48. The maximum absolute atomic E-state index is 6.01. The second kappa shape index (κ2) is 2.93. The number of aromatic amines is 1. The van der Waals surface area contributed by atoms with E-state index in [4.69, 9.17) is 16.3 Å². The lowest BCUT2D eigenvalue weighted by atomic mass is 10.1. The third-order valence-corrected chi connectivity index (χ3v) is 2.77. The summed E-state index contributed by atoms with van der Waals surface area (Å²) in [5.41, 5.74) is 3.09. The van der Waals surface area contributed by atoms with Crippen molar-refractivity contribution in [3.8, 4) is 0 Å². The predicted octanol–water partition coefficient (Wildman–Crippen LogP) is 1.68. The van der Waals surface area contributed by atoms with E-state index in [1.165, 1.54) is 12.0 Å². The molecule has 0 aromatic carbocycles. The summed E-state index contributed by atoms with van der Waals surface area (Å²) < 4.78 is 5.38. The molecule has 3 heterocycles. The molecule has 0 saturated heterocycles. The van der Waals surface area contributed by atoms with Crippen LogP contribution in [0.2, 0.25) is 5.15 Å². The Hall–Kier alpha value is -1.13. The first-order chi connectivity index (χ1) is 6.86. The average Bonchev–Trinajstić information content (AvgIpc) is 2.57. The van der Waals surface area contributed by atoms with Crippen molar-refractivity contribution >= 4 is 22.6 Å². The van der Waals surface area contributed by atoms with Crippen molar-refractivity contribution in [1.29, 1.82) is 0 Å². The zero-order valence-corrected chi connectivity index (χ0v) is 8.14. The molecule has 72 valence electrons. The highest BCUT2D eigenvalue weighted by Gasteiger charge is 2.18. The molecule has 2 aromatic heterocycles. The van der Waals surface area contributed by atoms with Crippen LogP contribution in [0.5, 0.6) is 0 Å². The maximum atomic E-state index is 6.01. The average molecular weight is 210 g/mol. The number of H-pyrrole nitrogens is 1. The number of fused-ring (bicyclic) bond motifs is 3. The van der Waals surface area contributed by atoms with Gasteiger partial charge in [0.1, 0.15) is 17.1 Å². The summed E-state index contributed by atoms with van der Waals surface area (Å²) in [6.45, 7) is 1.35. The van der Waals surface area contributed by atoms with Gasteiger partial charge in [0.2, 0.25) is 0 Å². The van der Waals surface area contributed by atoms with Crippen LogP contribution in [-0.4, -0.2) is 21.6 Å². The lowest BCUT2D eigenvalue weighted by molar-refractivity contribution is 0.111. The van der Waals surface area contributed by atoms with E-state index in [1.807, 2.05) is 0 Å². The molecule has 1 aliphatic rings. The normalized spacial score (nSPS) is 15.8. The number of halogens is 1. The number of aromatic nitrogens is 3. The van der Waals surface area contributed by atoms with Gasteiger partial charge in [0.25, 0.3) is 0 Å². The number of nitrogens with zero attached hydrogens (tertiary/aromatic N) is 2. The molecule has 0 amide bonds. The van der Waals surface area contributed by atoms with Gasteiger partial charge in [-0.15, -0.1) is 0 Å². The molecular weight excluding hydrogens is 202 g/mol. The van der Waals surface area contributed by atoms with Crippen molar-refractivity contribution in [2.45, 2.75) is 13.0 Å². The van der Waals surface area contributed by atoms with Crippen LogP contribution in [0.3, 0.4) is 0 Å². The Labute approximate surface area is 85.3 Å². The van der Waals surface area contributed by atoms with Gasteiger partial charge in [-0.1, -0.05) is 11.6 Å². The van der Waals surface area contributed by atoms with Crippen LogP contribution < -0.4 is 0 Å². The highest BCUT2D eigenvalue weighted by Crippen LogP contribution is 2.29. The summed E-state index contributed by atoms with van der Waals surface area (Å²) in [7, 11) is 0. The van der Waals surface area contributed by atoms with Gasteiger partial charge in [-0.25, -0.2) is 9.97 Å². The molecule has 2 aromatic rings. The quantitative estimate of drug-likeness (QED) is 0.672. The van der Waals surface area contributed by atoms with E-state index in [0.29, 0.717) is 11.8 Å². The molecule has 0 bridgehead atoms. The van der Waals surface area contributed by atoms with Crippen molar-refractivity contribution in [2.24, 2.45) is 0 Å². The Morgan fingerprint density at radius 3 is 3.29 bits per heavy atom. The standard InChI is InChI=1S/C9H8ClN3O/c10-8-7-5-3-14-2-1-6(5)13-9(7)12-4-11-8/h4H,1-3H2,(H,11,12,13). The van der Waals surface area contributed by atoms with Crippen LogP contribution >= 0.6 is 11.6 Å². The van der Waals surface area contributed by atoms with Crippen LogP contribution in [0.1, 0.15) is 11.3 Å². The first kappa shape index (κ1) is 8.20. The van der Waals surface area contributed by atoms with Crippen molar-refractivity contribution in [3.63, 3.8) is 0 Å². The second-order valence-corrected chi connectivity index (χ2v) is 3.63. The summed E-state index contributed by atoms with van der Waals surface area (Å²) in [4.78, 5) is 11.3. The van der Waals surface area contributed by atoms with E-state index in [9.17, 15) is 0 Å². The predicted molar refractivity (Wildman–Crippen MR) is 52.3 cm³/mol. The summed E-state index contributed by atoms with van der Waals surface area (Å²) in [6.07, 6.45) is 2.36. The fourth-order valence-corrected chi connectivity index (χ4v) is 2.06. The number of nitrogens with one attached hydrogen (secondary N) is 1. The molecule has 0 fully saturated rings. The van der Waals surface area contributed by atoms with E-state index >= 15 is 0 Å². The molecular formula is C9H8ClN3O. The maximum Gasteiger partial charge on any atom is 0.142 e. The second-order valence-electron chi connectivity index (χ2n) is 3.27. The fourth-order valence-electron chi connectivity index (χ4n) is 1.82. The summed E-state index contributed by atoms with van der Waals surface area (Å²) >= 11 is 6.01. The Bertz CT molecular complexity index is 494. The molecule has 14 heavy (non-hydrogen) atoms. The van der Waals surface area contributed by atoms with E-state index in [-0.39, 0.29) is 0 Å². The third kappa shape index (κ3) is 1.04. The van der Waals surface area contributed by atoms with Crippen LogP contribution in [0.4, 0.5) is 0 Å². The van der Waals surface area contributed by atoms with Crippen LogP contribution in [-0.2, 0) is 17.8 Å². The van der Waals surface area contributed by atoms with E-state index in [1.54, 1.807) is 0 Å². The Morgan fingerprint density at radius 1 is 1.43 bits per heavy atom. The summed E-state index contributed by atoms with van der Waals surface area (Å²) in [5, 5.41) is 1.40. The molecule has 0 atom stereocenters. The van der Waals surface area contributed by atoms with Gasteiger partial charge in [-0.2, -0.15) is 0 Å². The summed E-state index contributed by atoms with van der Waals surface area (Å²) in [6, 6.07) is 0. The molecule has 3 rings (SSSR count). The minimum Gasteiger partial charge on any atom is -0.376 e. The highest BCUT2D eigenvalue weighted by atomic mass is 35.5. The number of hydrogen-bond donors (Lipinski definition) is 1. The van der Waals surface area contributed by atoms with Gasteiger partial charge in [0.05, 0.1) is 18.6 Å². The minimum atomic E-state index is 0.498. The molecule has 0 unspecified atom stereocenters. The lowest BCUT2D eigenvalue weighted by Crippen LogP contribution is -2.08. The lowest BCUT2D eigenvalue weighted by Gasteiger charge is -2.11. The number of hydrogen-bond acceptors (Lipinski definition) is 3. The van der Waals surface area contributed by atoms with Gasteiger partial charge >= 0.3 is 0 Å². The topological polar surface area (TPSA) is 50.8 Å². The van der Waals surface area contributed by atoms with Gasteiger partial charge in [-0.05, 0) is 0 Å². The zero-order chi connectivity index (χ0) is 9.54. The van der Waals surface area contributed by atoms with Crippen LogP contribution in [0.25, 0.3) is 11.0 Å². The molecule has 5 heteroatoms. The van der Waals surface area contributed by atoms with Gasteiger partial charge in [0, 0.05) is 17.7 Å². The van der Waals surface area contributed by atoms with E-state index < -0.39 is 0 Å². The monoisotopic (exact) mass is 209 g/mol. The fraction of sp³-hybridized carbons (Fsp3) is 0.333. The smallest absolute Gasteiger partial charge is 0.142 e. The molecule has 0 spiro atoms. The number of ether oxygens (including phenoxy) is 1. The SMILES string of the molecule is Clc1ncnc2[nH]c3c(c12)COCC3. The van der Waals surface area contributed by atoms with Gasteiger partial charge in [0.15, 0.2) is 0 Å². The summed E-state index contributed by atoms with van der Waals surface area (Å²) in [5.74, 6) is 0. The molecule has 0 aliphatic carbocycles. The first-order valence-corrected chi connectivity index (χ1v) is 4.82. The molecule has 0 radical (unpaired) electrons. The van der Waals surface area contributed by atoms with Crippen molar-refractivity contribution in [1.82, 2.24) is 15.0 Å². The Morgan fingerprint density at radius 2 is 2.36 bits per heavy atom. The molecule has 0 saturated carbocycles. The van der Waals surface area contributed by atoms with Gasteiger partial charge < -0.3 is 9.72 Å². The molecule has 1 aliphatic heterocycles. The van der Waals surface area contributed by atoms with Gasteiger partial charge in [-0.3, -0.25) is 0 Å². The molecule has 4 nitrogen and oxygen atoms in total. The van der Waals surface area contributed by atoms with Crippen molar-refractivity contribution in [2.75, 3.05) is 6.61 Å². The number of rotatable bonds is 0. The van der Waals surface area contributed by atoms with E-state index in [0.717, 1.165) is 29.6 Å².